The van der Waals surface area contributed by atoms with Crippen molar-refractivity contribution in [3.05, 3.63) is 66.7 Å². The van der Waals surface area contributed by atoms with Gasteiger partial charge in [-0.2, -0.15) is 5.10 Å². The zero-order valence-corrected chi connectivity index (χ0v) is 15.4. The lowest BCUT2D eigenvalue weighted by Crippen LogP contribution is -2.28. The number of nitrogens with zero attached hydrogens (tertiary/aromatic N) is 4. The maximum absolute atomic E-state index is 12.2. The number of aromatic nitrogens is 4. The lowest BCUT2D eigenvalue weighted by molar-refractivity contribution is -0.119. The van der Waals surface area contributed by atoms with Gasteiger partial charge >= 0.3 is 0 Å². The molecule has 0 aliphatic carbocycles. The molecule has 2 aromatic carbocycles. The van der Waals surface area contributed by atoms with E-state index >= 15 is 0 Å². The Morgan fingerprint density at radius 3 is 2.78 bits per heavy atom. The summed E-state index contributed by atoms with van der Waals surface area (Å²) in [6, 6.07) is 15.3. The Kier molecular flexibility index (Phi) is 4.88. The summed E-state index contributed by atoms with van der Waals surface area (Å²) in [7, 11) is 0. The van der Waals surface area contributed by atoms with E-state index in [-0.39, 0.29) is 17.7 Å². The maximum Gasteiger partial charge on any atom is 0.257 e. The predicted octanol–water partition coefficient (Wildman–Crippen LogP) is 3.38. The molecule has 136 valence electrons. The normalized spacial score (nSPS) is 12.2. The van der Waals surface area contributed by atoms with Crippen LogP contribution in [-0.4, -0.2) is 31.4 Å². The second-order valence-electron chi connectivity index (χ2n) is 5.96. The molecule has 4 aromatic rings. The van der Waals surface area contributed by atoms with Gasteiger partial charge in [0.15, 0.2) is 5.58 Å². The van der Waals surface area contributed by atoms with Crippen LogP contribution in [0.5, 0.6) is 0 Å². The van der Waals surface area contributed by atoms with E-state index in [1.165, 1.54) is 18.1 Å². The molecule has 2 aromatic heterocycles. The minimum Gasteiger partial charge on any atom is -0.431 e. The zero-order valence-electron chi connectivity index (χ0n) is 14.6. The van der Waals surface area contributed by atoms with Gasteiger partial charge in [0, 0.05) is 0 Å². The highest BCUT2D eigenvalue weighted by Crippen LogP contribution is 2.23. The minimum atomic E-state index is -0.105. The highest BCUT2D eigenvalue weighted by molar-refractivity contribution is 7.99. The average molecular weight is 379 g/mol. The number of rotatable bonds is 6. The first kappa shape index (κ1) is 17.3. The second-order valence-corrected chi connectivity index (χ2v) is 6.88. The summed E-state index contributed by atoms with van der Waals surface area (Å²) in [6.07, 6.45) is 3.13. The number of oxazole rings is 1. The van der Waals surface area contributed by atoms with Crippen molar-refractivity contribution in [2.75, 3.05) is 5.75 Å². The molecule has 0 unspecified atom stereocenters. The summed E-state index contributed by atoms with van der Waals surface area (Å²) < 4.78 is 7.30. The fraction of sp³-hybridized carbons (Fsp3) is 0.158. The second kappa shape index (κ2) is 7.63. The molecule has 27 heavy (non-hydrogen) atoms. The Morgan fingerprint density at radius 1 is 1.22 bits per heavy atom. The number of para-hydroxylation sites is 2. The third kappa shape index (κ3) is 4.01. The SMILES string of the molecule is C[C@H](NC(=O)CSc1nc2ccccc2o1)c1ccc(-n2cncn2)cc1. The molecule has 0 aliphatic heterocycles. The fourth-order valence-electron chi connectivity index (χ4n) is 2.66. The van der Waals surface area contributed by atoms with Crippen LogP contribution in [0.25, 0.3) is 16.8 Å². The lowest BCUT2D eigenvalue weighted by atomic mass is 10.1. The Bertz CT molecular complexity index is 1010. The van der Waals surface area contributed by atoms with Crippen molar-refractivity contribution in [2.24, 2.45) is 0 Å². The van der Waals surface area contributed by atoms with Crippen molar-refractivity contribution in [3.63, 3.8) is 0 Å². The molecule has 1 N–H and O–H groups in total. The van der Waals surface area contributed by atoms with Crippen LogP contribution in [-0.2, 0) is 4.79 Å². The molecule has 0 saturated carbocycles. The molecule has 4 rings (SSSR count). The molecule has 0 fully saturated rings. The van der Waals surface area contributed by atoms with Gasteiger partial charge in [-0.15, -0.1) is 0 Å². The van der Waals surface area contributed by atoms with Crippen LogP contribution in [0.1, 0.15) is 18.5 Å². The number of carbonyl (C=O) groups is 1. The van der Waals surface area contributed by atoms with Gasteiger partial charge in [-0.1, -0.05) is 36.0 Å². The predicted molar refractivity (Wildman–Crippen MR) is 103 cm³/mol. The van der Waals surface area contributed by atoms with Crippen molar-refractivity contribution >= 4 is 28.8 Å². The molecule has 0 radical (unpaired) electrons. The Balaban J connectivity index is 1.33. The first-order chi connectivity index (χ1) is 13.2. The van der Waals surface area contributed by atoms with Gasteiger partial charge < -0.3 is 9.73 Å². The fourth-order valence-corrected chi connectivity index (χ4v) is 3.31. The summed E-state index contributed by atoms with van der Waals surface area (Å²) in [6.45, 7) is 1.95. The Labute approximate surface area is 159 Å². The van der Waals surface area contributed by atoms with Crippen LogP contribution in [0, 0.1) is 0 Å². The van der Waals surface area contributed by atoms with Crippen LogP contribution in [0.15, 0.2) is 70.8 Å². The van der Waals surface area contributed by atoms with Crippen LogP contribution >= 0.6 is 11.8 Å². The molecule has 0 spiro atoms. The molecule has 1 amide bonds. The van der Waals surface area contributed by atoms with Crippen molar-refractivity contribution in [2.45, 2.75) is 18.2 Å². The van der Waals surface area contributed by atoms with Gasteiger partial charge in [0.1, 0.15) is 18.2 Å². The number of nitrogens with one attached hydrogen (secondary N) is 1. The molecule has 0 saturated heterocycles. The number of hydrogen-bond donors (Lipinski definition) is 1. The zero-order chi connectivity index (χ0) is 18.6. The van der Waals surface area contributed by atoms with E-state index in [0.29, 0.717) is 5.22 Å². The van der Waals surface area contributed by atoms with Gasteiger partial charge in [0.05, 0.1) is 17.5 Å². The molecule has 8 heteroatoms. The molecule has 1 atom stereocenters. The van der Waals surface area contributed by atoms with Crippen LogP contribution in [0.4, 0.5) is 0 Å². The molecule has 7 nitrogen and oxygen atoms in total. The summed E-state index contributed by atoms with van der Waals surface area (Å²) >= 11 is 1.28. The number of carbonyl (C=O) groups excluding carboxylic acids is 1. The van der Waals surface area contributed by atoms with Crippen LogP contribution in [0.3, 0.4) is 0 Å². The van der Waals surface area contributed by atoms with Gasteiger partial charge in [-0.3, -0.25) is 4.79 Å². The number of benzene rings is 2. The Hall–Kier alpha value is -3.13. The standard InChI is InChI=1S/C19H17N5O2S/c1-13(14-6-8-15(9-7-14)24-12-20-11-21-24)22-18(25)10-27-19-23-16-4-2-3-5-17(16)26-19/h2-9,11-13H,10H2,1H3,(H,22,25)/t13-/m0/s1. The van der Waals surface area contributed by atoms with E-state index in [1.54, 1.807) is 11.0 Å². The summed E-state index contributed by atoms with van der Waals surface area (Å²) in [5.41, 5.74) is 3.45. The largest absolute Gasteiger partial charge is 0.431 e. The number of fused-ring (bicyclic) bond motifs is 1. The van der Waals surface area contributed by atoms with Crippen molar-refractivity contribution in [1.82, 2.24) is 25.1 Å². The summed E-state index contributed by atoms with van der Waals surface area (Å²) in [5.74, 6) is 0.170. The molecule has 2 heterocycles. The molecule has 0 bridgehead atoms. The van der Waals surface area contributed by atoms with E-state index in [1.807, 2.05) is 55.5 Å². The van der Waals surface area contributed by atoms with E-state index in [2.05, 4.69) is 20.4 Å². The third-order valence-electron chi connectivity index (χ3n) is 4.05. The van der Waals surface area contributed by atoms with Gasteiger partial charge in [-0.25, -0.2) is 14.6 Å². The molecule has 0 aliphatic rings. The van der Waals surface area contributed by atoms with E-state index < -0.39 is 0 Å². The topological polar surface area (TPSA) is 85.8 Å². The summed E-state index contributed by atoms with van der Waals surface area (Å²) in [5, 5.41) is 7.58. The molecular formula is C19H17N5O2S. The average Bonchev–Trinajstić information content (AvgIpc) is 3.36. The quantitative estimate of drug-likeness (QED) is 0.517. The van der Waals surface area contributed by atoms with E-state index in [4.69, 9.17) is 4.42 Å². The number of amides is 1. The van der Waals surface area contributed by atoms with Crippen molar-refractivity contribution < 1.29 is 9.21 Å². The highest BCUT2D eigenvalue weighted by Gasteiger charge is 2.12. The van der Waals surface area contributed by atoms with E-state index in [9.17, 15) is 4.79 Å². The first-order valence-electron chi connectivity index (χ1n) is 8.42. The highest BCUT2D eigenvalue weighted by atomic mass is 32.2. The van der Waals surface area contributed by atoms with Crippen LogP contribution < -0.4 is 5.32 Å². The third-order valence-corrected chi connectivity index (χ3v) is 4.88. The molecular weight excluding hydrogens is 362 g/mol. The number of hydrogen-bond acceptors (Lipinski definition) is 6. The van der Waals surface area contributed by atoms with Crippen molar-refractivity contribution in [1.29, 1.82) is 0 Å². The van der Waals surface area contributed by atoms with E-state index in [0.717, 1.165) is 22.4 Å². The lowest BCUT2D eigenvalue weighted by Gasteiger charge is -2.14. The summed E-state index contributed by atoms with van der Waals surface area (Å²) in [4.78, 5) is 20.5. The van der Waals surface area contributed by atoms with Gasteiger partial charge in [0.25, 0.3) is 5.22 Å². The monoisotopic (exact) mass is 379 g/mol. The number of thioether (sulfide) groups is 1. The van der Waals surface area contributed by atoms with Gasteiger partial charge in [0.2, 0.25) is 5.91 Å². The first-order valence-corrected chi connectivity index (χ1v) is 9.40. The van der Waals surface area contributed by atoms with Crippen LogP contribution in [0.2, 0.25) is 0 Å². The minimum absolute atomic E-state index is 0.0740. The smallest absolute Gasteiger partial charge is 0.257 e. The van der Waals surface area contributed by atoms with Crippen molar-refractivity contribution in [3.8, 4) is 5.69 Å². The Morgan fingerprint density at radius 2 is 2.04 bits per heavy atom. The maximum atomic E-state index is 12.2. The van der Waals surface area contributed by atoms with Gasteiger partial charge in [-0.05, 0) is 36.8 Å².